The van der Waals surface area contributed by atoms with Crippen LogP contribution in [-0.2, 0) is 17.1 Å². The predicted octanol–water partition coefficient (Wildman–Crippen LogP) is 2.35. The minimum Gasteiger partial charge on any atom is -0.378 e. The molecule has 0 aliphatic carbocycles. The number of sulfonamides is 1. The Balaban J connectivity index is 2.02. The summed E-state index contributed by atoms with van der Waals surface area (Å²) in [5.74, 6) is 0.0606. The van der Waals surface area contributed by atoms with E-state index in [0.29, 0.717) is 5.69 Å². The Morgan fingerprint density at radius 3 is 2.38 bits per heavy atom. The highest BCUT2D eigenvalue weighted by atomic mass is 32.2. The molecule has 21 heavy (non-hydrogen) atoms. The third-order valence-corrected chi connectivity index (χ3v) is 4.45. The Bertz CT molecular complexity index is 692. The molecule has 0 saturated carbocycles. The first-order valence-corrected chi connectivity index (χ1v) is 8.40. The number of anilines is 2. The lowest BCUT2D eigenvalue weighted by atomic mass is 10.2. The lowest BCUT2D eigenvalue weighted by Crippen LogP contribution is -2.14. The standard InChI is InChI=1S/C14H20N4O2S/c1-4-21(19,20)17-14-7-5-13(6-8-14)16-11(2)12-9-15-18(3)10-12/h5-11,16-17H,4H2,1-3H3. The third kappa shape index (κ3) is 4.22. The summed E-state index contributed by atoms with van der Waals surface area (Å²) in [7, 11) is -1.35. The van der Waals surface area contributed by atoms with Crippen LogP contribution in [0.1, 0.15) is 25.5 Å². The molecule has 114 valence electrons. The minimum atomic E-state index is -3.23. The van der Waals surface area contributed by atoms with Gasteiger partial charge in [-0.2, -0.15) is 5.10 Å². The van der Waals surface area contributed by atoms with Crippen molar-refractivity contribution in [1.29, 1.82) is 0 Å². The second-order valence-electron chi connectivity index (χ2n) is 4.90. The van der Waals surface area contributed by atoms with E-state index in [1.165, 1.54) is 0 Å². The van der Waals surface area contributed by atoms with Crippen molar-refractivity contribution in [3.05, 3.63) is 42.2 Å². The fraction of sp³-hybridized carbons (Fsp3) is 0.357. The van der Waals surface area contributed by atoms with Gasteiger partial charge in [0.1, 0.15) is 0 Å². The predicted molar refractivity (Wildman–Crippen MR) is 84.8 cm³/mol. The van der Waals surface area contributed by atoms with Gasteiger partial charge in [-0.15, -0.1) is 0 Å². The fourth-order valence-electron chi connectivity index (χ4n) is 1.88. The average molecular weight is 308 g/mol. The fourth-order valence-corrected chi connectivity index (χ4v) is 2.52. The van der Waals surface area contributed by atoms with Crippen molar-refractivity contribution in [2.24, 2.45) is 7.05 Å². The number of nitrogens with zero attached hydrogens (tertiary/aromatic N) is 2. The van der Waals surface area contributed by atoms with Crippen LogP contribution in [0, 0.1) is 0 Å². The lowest BCUT2D eigenvalue weighted by Gasteiger charge is -2.14. The normalized spacial score (nSPS) is 12.9. The molecular weight excluding hydrogens is 288 g/mol. The molecular formula is C14H20N4O2S. The van der Waals surface area contributed by atoms with E-state index >= 15 is 0 Å². The van der Waals surface area contributed by atoms with Crippen LogP contribution in [0.25, 0.3) is 0 Å². The van der Waals surface area contributed by atoms with E-state index < -0.39 is 10.0 Å². The number of nitrogens with one attached hydrogen (secondary N) is 2. The Kier molecular flexibility index (Phi) is 4.52. The van der Waals surface area contributed by atoms with E-state index in [2.05, 4.69) is 15.1 Å². The van der Waals surface area contributed by atoms with Crippen molar-refractivity contribution in [1.82, 2.24) is 9.78 Å². The van der Waals surface area contributed by atoms with Gasteiger partial charge in [-0.3, -0.25) is 9.40 Å². The highest BCUT2D eigenvalue weighted by Gasteiger charge is 2.09. The smallest absolute Gasteiger partial charge is 0.232 e. The molecule has 0 saturated heterocycles. The summed E-state index contributed by atoms with van der Waals surface area (Å²) < 4.78 is 27.2. The van der Waals surface area contributed by atoms with Crippen LogP contribution in [0.3, 0.4) is 0 Å². The van der Waals surface area contributed by atoms with Crippen LogP contribution in [-0.4, -0.2) is 24.0 Å². The largest absolute Gasteiger partial charge is 0.378 e. The van der Waals surface area contributed by atoms with Crippen molar-refractivity contribution in [3.63, 3.8) is 0 Å². The summed E-state index contributed by atoms with van der Waals surface area (Å²) in [5.41, 5.74) is 2.58. The molecule has 0 bridgehead atoms. The van der Waals surface area contributed by atoms with E-state index in [1.807, 2.05) is 38.5 Å². The first kappa shape index (κ1) is 15.4. The van der Waals surface area contributed by atoms with Gasteiger partial charge in [0.15, 0.2) is 0 Å². The van der Waals surface area contributed by atoms with E-state index in [4.69, 9.17) is 0 Å². The van der Waals surface area contributed by atoms with Gasteiger partial charge in [0.05, 0.1) is 18.0 Å². The molecule has 1 atom stereocenters. The Labute approximate surface area is 125 Å². The summed E-state index contributed by atoms with van der Waals surface area (Å²) in [6.07, 6.45) is 3.78. The molecule has 1 aromatic heterocycles. The maximum absolute atomic E-state index is 11.5. The van der Waals surface area contributed by atoms with Gasteiger partial charge in [-0.25, -0.2) is 8.42 Å². The van der Waals surface area contributed by atoms with Gasteiger partial charge in [-0.1, -0.05) is 0 Å². The maximum atomic E-state index is 11.5. The summed E-state index contributed by atoms with van der Waals surface area (Å²) >= 11 is 0. The molecule has 0 radical (unpaired) electrons. The van der Waals surface area contributed by atoms with E-state index in [0.717, 1.165) is 11.3 Å². The minimum absolute atomic E-state index is 0.0606. The molecule has 0 aliphatic rings. The SMILES string of the molecule is CCS(=O)(=O)Nc1ccc(NC(C)c2cnn(C)c2)cc1. The molecule has 2 rings (SSSR count). The summed E-state index contributed by atoms with van der Waals surface area (Å²) in [4.78, 5) is 0. The van der Waals surface area contributed by atoms with E-state index in [-0.39, 0.29) is 11.8 Å². The average Bonchev–Trinajstić information content (AvgIpc) is 2.87. The van der Waals surface area contributed by atoms with Gasteiger partial charge in [-0.05, 0) is 38.1 Å². The first-order chi connectivity index (χ1) is 9.89. The number of benzene rings is 1. The second-order valence-corrected chi connectivity index (χ2v) is 6.91. The molecule has 1 heterocycles. The zero-order chi connectivity index (χ0) is 15.5. The highest BCUT2D eigenvalue weighted by Crippen LogP contribution is 2.20. The number of rotatable bonds is 6. The Hall–Kier alpha value is -2.02. The number of aryl methyl sites for hydroxylation is 1. The molecule has 2 N–H and O–H groups in total. The van der Waals surface area contributed by atoms with Crippen LogP contribution < -0.4 is 10.0 Å². The highest BCUT2D eigenvalue weighted by molar-refractivity contribution is 7.92. The molecule has 0 fully saturated rings. The van der Waals surface area contributed by atoms with Crippen molar-refractivity contribution < 1.29 is 8.42 Å². The monoisotopic (exact) mass is 308 g/mol. The Morgan fingerprint density at radius 1 is 1.24 bits per heavy atom. The summed E-state index contributed by atoms with van der Waals surface area (Å²) in [5, 5.41) is 7.49. The van der Waals surface area contributed by atoms with E-state index in [9.17, 15) is 8.42 Å². The molecule has 7 heteroatoms. The summed E-state index contributed by atoms with van der Waals surface area (Å²) in [6.45, 7) is 3.65. The molecule has 0 aliphatic heterocycles. The van der Waals surface area contributed by atoms with Crippen LogP contribution >= 0.6 is 0 Å². The maximum Gasteiger partial charge on any atom is 0.232 e. The van der Waals surface area contributed by atoms with Gasteiger partial charge < -0.3 is 5.32 Å². The molecule has 2 aromatic rings. The molecule has 1 unspecified atom stereocenters. The van der Waals surface area contributed by atoms with Crippen molar-refractivity contribution >= 4 is 21.4 Å². The van der Waals surface area contributed by atoms with Crippen LogP contribution in [0.5, 0.6) is 0 Å². The van der Waals surface area contributed by atoms with Crippen molar-refractivity contribution in [2.45, 2.75) is 19.9 Å². The number of hydrogen-bond acceptors (Lipinski definition) is 4. The van der Waals surface area contributed by atoms with Crippen molar-refractivity contribution in [3.8, 4) is 0 Å². The topological polar surface area (TPSA) is 76.0 Å². The van der Waals surface area contributed by atoms with Gasteiger partial charge in [0.2, 0.25) is 10.0 Å². The second kappa shape index (κ2) is 6.17. The molecule has 1 aromatic carbocycles. The summed E-state index contributed by atoms with van der Waals surface area (Å²) in [6, 6.07) is 7.30. The third-order valence-electron chi connectivity index (χ3n) is 3.15. The first-order valence-electron chi connectivity index (χ1n) is 6.75. The van der Waals surface area contributed by atoms with Gasteiger partial charge in [0, 0.05) is 30.2 Å². The van der Waals surface area contributed by atoms with Gasteiger partial charge in [0.25, 0.3) is 0 Å². The van der Waals surface area contributed by atoms with Gasteiger partial charge >= 0.3 is 0 Å². The molecule has 0 spiro atoms. The zero-order valence-electron chi connectivity index (χ0n) is 12.4. The van der Waals surface area contributed by atoms with Crippen LogP contribution in [0.15, 0.2) is 36.7 Å². The number of aromatic nitrogens is 2. The Morgan fingerprint density at radius 2 is 1.86 bits per heavy atom. The van der Waals surface area contributed by atoms with Crippen LogP contribution in [0.4, 0.5) is 11.4 Å². The van der Waals surface area contributed by atoms with E-state index in [1.54, 1.807) is 23.7 Å². The zero-order valence-corrected chi connectivity index (χ0v) is 13.2. The number of hydrogen-bond donors (Lipinski definition) is 2. The molecule has 6 nitrogen and oxygen atoms in total. The quantitative estimate of drug-likeness (QED) is 0.859. The lowest BCUT2D eigenvalue weighted by molar-refractivity contribution is 0.602. The van der Waals surface area contributed by atoms with Crippen molar-refractivity contribution in [2.75, 3.05) is 15.8 Å². The molecule has 0 amide bonds. The van der Waals surface area contributed by atoms with Crippen LogP contribution in [0.2, 0.25) is 0 Å².